The summed E-state index contributed by atoms with van der Waals surface area (Å²) < 4.78 is 0. The lowest BCUT2D eigenvalue weighted by Crippen LogP contribution is -2.52. The van der Waals surface area contributed by atoms with Crippen molar-refractivity contribution in [3.63, 3.8) is 0 Å². The molecular formula is C11H21N3OS. The second kappa shape index (κ2) is 5.89. The van der Waals surface area contributed by atoms with E-state index in [0.717, 1.165) is 32.2 Å². The highest BCUT2D eigenvalue weighted by atomic mass is 32.2. The van der Waals surface area contributed by atoms with Crippen molar-refractivity contribution in [2.45, 2.75) is 18.9 Å². The van der Waals surface area contributed by atoms with Crippen LogP contribution in [0.25, 0.3) is 0 Å². The van der Waals surface area contributed by atoms with Gasteiger partial charge in [-0.3, -0.25) is 9.69 Å². The van der Waals surface area contributed by atoms with Crippen LogP contribution in [0.1, 0.15) is 12.8 Å². The van der Waals surface area contributed by atoms with Crippen molar-refractivity contribution in [3.05, 3.63) is 0 Å². The van der Waals surface area contributed by atoms with E-state index in [4.69, 9.17) is 5.73 Å². The number of nitrogens with zero attached hydrogens (tertiary/aromatic N) is 2. The Labute approximate surface area is 102 Å². The smallest absolute Gasteiger partial charge is 0.223 e. The van der Waals surface area contributed by atoms with Gasteiger partial charge in [-0.15, -0.1) is 0 Å². The van der Waals surface area contributed by atoms with Gasteiger partial charge in [0.15, 0.2) is 0 Å². The van der Waals surface area contributed by atoms with Crippen LogP contribution in [0.2, 0.25) is 0 Å². The molecule has 0 spiro atoms. The summed E-state index contributed by atoms with van der Waals surface area (Å²) in [4.78, 5) is 16.2. The minimum atomic E-state index is 0.225. The van der Waals surface area contributed by atoms with Gasteiger partial charge in [0, 0.05) is 50.9 Å². The minimum absolute atomic E-state index is 0.225. The van der Waals surface area contributed by atoms with Crippen molar-refractivity contribution < 1.29 is 4.79 Å². The quantitative estimate of drug-likeness (QED) is 0.757. The predicted molar refractivity (Wildman–Crippen MR) is 67.6 cm³/mol. The molecule has 2 rings (SSSR count). The molecule has 0 radical (unpaired) electrons. The molecule has 2 fully saturated rings. The van der Waals surface area contributed by atoms with Gasteiger partial charge in [-0.25, -0.2) is 0 Å². The highest BCUT2D eigenvalue weighted by molar-refractivity contribution is 7.99. The zero-order valence-electron chi connectivity index (χ0n) is 9.73. The van der Waals surface area contributed by atoms with E-state index in [9.17, 15) is 4.79 Å². The number of carbonyl (C=O) groups is 1. The molecule has 0 unspecified atom stereocenters. The summed E-state index contributed by atoms with van der Waals surface area (Å²) in [5.41, 5.74) is 5.40. The number of piperazine rings is 1. The van der Waals surface area contributed by atoms with E-state index in [2.05, 4.69) is 16.7 Å². The molecule has 5 heteroatoms. The van der Waals surface area contributed by atoms with Gasteiger partial charge in [-0.1, -0.05) is 0 Å². The summed E-state index contributed by atoms with van der Waals surface area (Å²) in [6.45, 7) is 4.33. The molecule has 2 aliphatic rings. The van der Waals surface area contributed by atoms with Crippen LogP contribution in [-0.2, 0) is 4.79 Å². The van der Waals surface area contributed by atoms with Gasteiger partial charge in [0.1, 0.15) is 0 Å². The van der Waals surface area contributed by atoms with Crippen LogP contribution < -0.4 is 5.73 Å². The van der Waals surface area contributed by atoms with Crippen molar-refractivity contribution in [1.29, 1.82) is 0 Å². The van der Waals surface area contributed by atoms with Crippen molar-refractivity contribution in [2.75, 3.05) is 44.2 Å². The second-order valence-electron chi connectivity index (χ2n) is 4.47. The van der Waals surface area contributed by atoms with E-state index in [0.29, 0.717) is 13.0 Å². The van der Waals surface area contributed by atoms with Crippen molar-refractivity contribution in [1.82, 2.24) is 9.80 Å². The number of hydrogen-bond donors (Lipinski definition) is 1. The second-order valence-corrected chi connectivity index (χ2v) is 5.62. The Morgan fingerprint density at radius 2 is 2.06 bits per heavy atom. The Morgan fingerprint density at radius 3 is 2.62 bits per heavy atom. The maximum Gasteiger partial charge on any atom is 0.223 e. The van der Waals surface area contributed by atoms with Crippen molar-refractivity contribution >= 4 is 17.7 Å². The molecule has 2 heterocycles. The zero-order valence-corrected chi connectivity index (χ0v) is 10.5. The molecule has 16 heavy (non-hydrogen) atoms. The summed E-state index contributed by atoms with van der Waals surface area (Å²) in [5, 5.41) is 0. The van der Waals surface area contributed by atoms with Gasteiger partial charge in [0.2, 0.25) is 5.91 Å². The number of thioether (sulfide) groups is 1. The lowest BCUT2D eigenvalue weighted by Gasteiger charge is -2.37. The normalized spacial score (nSPS) is 27.3. The maximum absolute atomic E-state index is 11.6. The van der Waals surface area contributed by atoms with Crippen LogP contribution in [0.3, 0.4) is 0 Å². The van der Waals surface area contributed by atoms with Crippen LogP contribution in [0.15, 0.2) is 0 Å². The molecule has 2 saturated heterocycles. The molecule has 1 amide bonds. The van der Waals surface area contributed by atoms with Gasteiger partial charge < -0.3 is 10.6 Å². The molecule has 2 N–H and O–H groups in total. The summed E-state index contributed by atoms with van der Waals surface area (Å²) >= 11 is 2.05. The number of rotatable bonds is 3. The Morgan fingerprint density at radius 1 is 1.31 bits per heavy atom. The van der Waals surface area contributed by atoms with E-state index in [-0.39, 0.29) is 5.91 Å². The van der Waals surface area contributed by atoms with Gasteiger partial charge in [0.05, 0.1) is 0 Å². The Bertz CT molecular complexity index is 235. The van der Waals surface area contributed by atoms with E-state index in [1.165, 1.54) is 17.9 Å². The first kappa shape index (κ1) is 12.2. The largest absolute Gasteiger partial charge is 0.340 e. The Kier molecular flexibility index (Phi) is 4.49. The molecule has 0 aromatic carbocycles. The van der Waals surface area contributed by atoms with Gasteiger partial charge in [0.25, 0.3) is 0 Å². The lowest BCUT2D eigenvalue weighted by atomic mass is 10.2. The molecule has 0 aliphatic carbocycles. The molecule has 92 valence electrons. The first-order valence-electron chi connectivity index (χ1n) is 6.11. The summed E-state index contributed by atoms with van der Waals surface area (Å²) in [6.07, 6.45) is 1.82. The van der Waals surface area contributed by atoms with Crippen molar-refractivity contribution in [3.8, 4) is 0 Å². The zero-order chi connectivity index (χ0) is 11.4. The molecule has 0 bridgehead atoms. The van der Waals surface area contributed by atoms with Crippen LogP contribution in [0.4, 0.5) is 0 Å². The molecule has 0 saturated carbocycles. The SMILES string of the molecule is NCCC(=O)N1CCN([C@H]2CCSC2)CC1. The molecule has 0 aromatic rings. The Balaban J connectivity index is 1.75. The first-order chi connectivity index (χ1) is 7.81. The topological polar surface area (TPSA) is 49.6 Å². The third kappa shape index (κ3) is 2.90. The molecular weight excluding hydrogens is 222 g/mol. The van der Waals surface area contributed by atoms with Gasteiger partial charge in [-0.2, -0.15) is 11.8 Å². The molecule has 1 atom stereocenters. The fraction of sp³-hybridized carbons (Fsp3) is 0.909. The predicted octanol–water partition coefficient (Wildman–Crippen LogP) is -0.0151. The Hall–Kier alpha value is -0.260. The minimum Gasteiger partial charge on any atom is -0.340 e. The van der Waals surface area contributed by atoms with E-state index < -0.39 is 0 Å². The monoisotopic (exact) mass is 243 g/mol. The fourth-order valence-electron chi connectivity index (χ4n) is 2.43. The van der Waals surface area contributed by atoms with Crippen molar-refractivity contribution in [2.24, 2.45) is 5.73 Å². The average molecular weight is 243 g/mol. The molecule has 4 nitrogen and oxygen atoms in total. The third-order valence-corrected chi connectivity index (χ3v) is 4.59. The summed E-state index contributed by atoms with van der Waals surface area (Å²) in [5.74, 6) is 2.80. The number of nitrogens with two attached hydrogens (primary N) is 1. The van der Waals surface area contributed by atoms with E-state index in [1.807, 2.05) is 4.90 Å². The van der Waals surface area contributed by atoms with Gasteiger partial charge >= 0.3 is 0 Å². The van der Waals surface area contributed by atoms with Gasteiger partial charge in [-0.05, 0) is 12.2 Å². The van der Waals surface area contributed by atoms with E-state index in [1.54, 1.807) is 0 Å². The number of amides is 1. The van der Waals surface area contributed by atoms with Crippen LogP contribution in [0, 0.1) is 0 Å². The number of carbonyl (C=O) groups excluding carboxylic acids is 1. The number of hydrogen-bond acceptors (Lipinski definition) is 4. The fourth-order valence-corrected chi connectivity index (χ4v) is 3.68. The molecule has 0 aromatic heterocycles. The van der Waals surface area contributed by atoms with Crippen LogP contribution >= 0.6 is 11.8 Å². The standard InChI is InChI=1S/C11H21N3OS/c12-3-1-11(15)14-6-4-13(5-7-14)10-2-8-16-9-10/h10H,1-9,12H2/t10-/m0/s1. The molecule has 2 aliphatic heterocycles. The highest BCUT2D eigenvalue weighted by Gasteiger charge is 2.27. The van der Waals surface area contributed by atoms with Crippen LogP contribution in [-0.4, -0.2) is 66.0 Å². The van der Waals surface area contributed by atoms with Crippen LogP contribution in [0.5, 0.6) is 0 Å². The first-order valence-corrected chi connectivity index (χ1v) is 7.26. The summed E-state index contributed by atoms with van der Waals surface area (Å²) in [7, 11) is 0. The lowest BCUT2D eigenvalue weighted by molar-refractivity contribution is -0.133. The average Bonchev–Trinajstić information content (AvgIpc) is 2.83. The maximum atomic E-state index is 11.6. The summed E-state index contributed by atoms with van der Waals surface area (Å²) in [6, 6.07) is 0.761. The third-order valence-electron chi connectivity index (χ3n) is 3.45. The highest BCUT2D eigenvalue weighted by Crippen LogP contribution is 2.23. The van der Waals surface area contributed by atoms with E-state index >= 15 is 0 Å².